The third-order valence-corrected chi connectivity index (χ3v) is 6.36. The van der Waals surface area contributed by atoms with Gasteiger partial charge in [0.15, 0.2) is 17.5 Å². The van der Waals surface area contributed by atoms with Crippen LogP contribution in [0.3, 0.4) is 0 Å². The summed E-state index contributed by atoms with van der Waals surface area (Å²) in [6.45, 7) is 1.92. The summed E-state index contributed by atoms with van der Waals surface area (Å²) in [5.74, 6) is 0.710. The molecular weight excluding hydrogens is 442 g/mol. The van der Waals surface area contributed by atoms with Gasteiger partial charge in [-0.15, -0.1) is 0 Å². The number of para-hydroxylation sites is 1. The highest BCUT2D eigenvalue weighted by Gasteiger charge is 2.23. The summed E-state index contributed by atoms with van der Waals surface area (Å²) in [7, 11) is 0. The number of benzene rings is 2. The zero-order valence-electron chi connectivity index (χ0n) is 17.6. The van der Waals surface area contributed by atoms with Crippen molar-refractivity contribution in [2.75, 3.05) is 11.9 Å². The van der Waals surface area contributed by atoms with Crippen LogP contribution in [0.2, 0.25) is 0 Å². The topological polar surface area (TPSA) is 103 Å². The lowest BCUT2D eigenvalue weighted by molar-refractivity contribution is -0.118. The van der Waals surface area contributed by atoms with E-state index in [0.717, 1.165) is 0 Å². The van der Waals surface area contributed by atoms with Crippen LogP contribution < -0.4 is 15.6 Å². The summed E-state index contributed by atoms with van der Waals surface area (Å²) in [4.78, 5) is 42.7. The first-order chi connectivity index (χ1) is 16.0. The summed E-state index contributed by atoms with van der Waals surface area (Å²) in [5, 5.41) is 3.09. The molecule has 1 N–H and O–H groups in total. The Morgan fingerprint density at radius 1 is 1.18 bits per heavy atom. The van der Waals surface area contributed by atoms with Crippen LogP contribution in [0.5, 0.6) is 5.75 Å². The second kappa shape index (κ2) is 8.59. The number of Topliss-reactive ketones (excluding diaryl/α,β-unsaturated/α-hetero) is 1. The van der Waals surface area contributed by atoms with Crippen LogP contribution in [0, 0.1) is 0 Å². The number of ether oxygens (including phenoxy) is 1. The van der Waals surface area contributed by atoms with E-state index in [4.69, 9.17) is 9.15 Å². The maximum Gasteiger partial charge on any atom is 0.262 e. The number of furan rings is 1. The number of ketones is 1. The molecule has 9 heteroatoms. The van der Waals surface area contributed by atoms with Gasteiger partial charge in [0.05, 0.1) is 34.6 Å². The van der Waals surface area contributed by atoms with Crippen molar-refractivity contribution in [2.45, 2.75) is 23.9 Å². The number of nitrogens with one attached hydrogen (secondary N) is 1. The molecule has 1 aliphatic rings. The Hall–Kier alpha value is -3.85. The molecule has 2 aromatic carbocycles. The number of hydrogen-bond acceptors (Lipinski definition) is 7. The third-order valence-electron chi connectivity index (χ3n) is 5.27. The molecule has 0 fully saturated rings. The van der Waals surface area contributed by atoms with Gasteiger partial charge >= 0.3 is 0 Å². The Labute approximate surface area is 192 Å². The van der Waals surface area contributed by atoms with Crippen molar-refractivity contribution >= 4 is 40.0 Å². The molecule has 8 nitrogen and oxygen atoms in total. The summed E-state index contributed by atoms with van der Waals surface area (Å²) in [6, 6.07) is 15.6. The van der Waals surface area contributed by atoms with E-state index in [9.17, 15) is 14.4 Å². The smallest absolute Gasteiger partial charge is 0.262 e. The molecule has 5 rings (SSSR count). The molecular formula is C24H19N3O5S. The molecule has 166 valence electrons. The van der Waals surface area contributed by atoms with E-state index in [1.807, 2.05) is 6.07 Å². The lowest BCUT2D eigenvalue weighted by Crippen LogP contribution is -2.26. The zero-order valence-corrected chi connectivity index (χ0v) is 18.4. The molecule has 4 aromatic rings. The normalized spacial score (nSPS) is 13.8. The van der Waals surface area contributed by atoms with Gasteiger partial charge in [-0.1, -0.05) is 23.9 Å². The molecule has 1 atom stereocenters. The number of carbonyl (C=O) groups excluding carboxylic acids is 2. The monoisotopic (exact) mass is 461 g/mol. The highest BCUT2D eigenvalue weighted by atomic mass is 32.2. The summed E-state index contributed by atoms with van der Waals surface area (Å²) < 4.78 is 12.3. The van der Waals surface area contributed by atoms with E-state index in [-0.39, 0.29) is 30.4 Å². The van der Waals surface area contributed by atoms with Gasteiger partial charge in [0, 0.05) is 5.56 Å². The maximum absolute atomic E-state index is 13.2. The first-order valence-corrected chi connectivity index (χ1v) is 11.2. The Bertz CT molecular complexity index is 1430. The van der Waals surface area contributed by atoms with Crippen LogP contribution in [0.4, 0.5) is 5.69 Å². The van der Waals surface area contributed by atoms with E-state index in [1.165, 1.54) is 16.3 Å². The van der Waals surface area contributed by atoms with Gasteiger partial charge in [-0.3, -0.25) is 19.0 Å². The van der Waals surface area contributed by atoms with Crippen LogP contribution in [0.15, 0.2) is 75.2 Å². The number of thioether (sulfide) groups is 1. The van der Waals surface area contributed by atoms with E-state index in [0.29, 0.717) is 38.8 Å². The lowest BCUT2D eigenvalue weighted by atomic mass is 10.1. The standard InChI is InChI=1S/C24H19N3O5S/c1-14(22(29)15-8-9-20-19(11-15)25-21(28)13-32-20)33-24-26-18-7-3-2-6-17(18)23(30)27(24)12-16-5-4-10-31-16/h2-11,14H,12-13H2,1H3,(H,25,28). The van der Waals surface area contributed by atoms with E-state index >= 15 is 0 Å². The maximum atomic E-state index is 13.2. The number of rotatable bonds is 6. The Balaban J connectivity index is 1.48. The molecule has 0 saturated carbocycles. The molecule has 2 aromatic heterocycles. The summed E-state index contributed by atoms with van der Waals surface area (Å²) in [6.07, 6.45) is 1.55. The predicted octanol–water partition coefficient (Wildman–Crippen LogP) is 3.73. The van der Waals surface area contributed by atoms with Gasteiger partial charge in [-0.2, -0.15) is 0 Å². The first kappa shape index (κ1) is 21.0. The summed E-state index contributed by atoms with van der Waals surface area (Å²) >= 11 is 1.20. The van der Waals surface area contributed by atoms with E-state index < -0.39 is 5.25 Å². The molecule has 1 aliphatic heterocycles. The molecule has 3 heterocycles. The predicted molar refractivity (Wildman–Crippen MR) is 124 cm³/mol. The SMILES string of the molecule is CC(Sc1nc2ccccc2c(=O)n1Cc1ccco1)C(=O)c1ccc2c(c1)NC(=O)CO2. The van der Waals surface area contributed by atoms with Crippen molar-refractivity contribution in [2.24, 2.45) is 0 Å². The zero-order chi connectivity index (χ0) is 22.9. The fourth-order valence-corrected chi connectivity index (χ4v) is 4.60. The molecule has 1 amide bonds. The molecule has 0 radical (unpaired) electrons. The second-order valence-corrected chi connectivity index (χ2v) is 8.86. The van der Waals surface area contributed by atoms with Gasteiger partial charge in [0.25, 0.3) is 11.5 Å². The minimum Gasteiger partial charge on any atom is -0.482 e. The largest absolute Gasteiger partial charge is 0.482 e. The van der Waals surface area contributed by atoms with Crippen LogP contribution in [0.25, 0.3) is 10.9 Å². The summed E-state index contributed by atoms with van der Waals surface area (Å²) in [5.41, 5.74) is 1.26. The van der Waals surface area contributed by atoms with Crippen molar-refractivity contribution in [1.29, 1.82) is 0 Å². The third kappa shape index (κ3) is 4.14. The van der Waals surface area contributed by atoms with Gasteiger partial charge in [-0.25, -0.2) is 4.98 Å². The van der Waals surface area contributed by atoms with Crippen molar-refractivity contribution in [3.63, 3.8) is 0 Å². The highest BCUT2D eigenvalue weighted by molar-refractivity contribution is 8.00. The fraction of sp³-hybridized carbons (Fsp3) is 0.167. The molecule has 0 saturated heterocycles. The van der Waals surface area contributed by atoms with Crippen molar-refractivity contribution in [1.82, 2.24) is 9.55 Å². The molecule has 33 heavy (non-hydrogen) atoms. The second-order valence-electron chi connectivity index (χ2n) is 7.55. The van der Waals surface area contributed by atoms with Crippen LogP contribution >= 0.6 is 11.8 Å². The van der Waals surface area contributed by atoms with E-state index in [2.05, 4.69) is 10.3 Å². The molecule has 1 unspecified atom stereocenters. The molecule has 0 aliphatic carbocycles. The quantitative estimate of drug-likeness (QED) is 0.265. The van der Waals surface area contributed by atoms with Gasteiger partial charge in [0.2, 0.25) is 0 Å². The van der Waals surface area contributed by atoms with Gasteiger partial charge in [0.1, 0.15) is 11.5 Å². The first-order valence-electron chi connectivity index (χ1n) is 10.3. The number of amides is 1. The van der Waals surface area contributed by atoms with E-state index in [1.54, 1.807) is 61.7 Å². The average molecular weight is 461 g/mol. The van der Waals surface area contributed by atoms with Crippen LogP contribution in [0.1, 0.15) is 23.0 Å². The molecule has 0 spiro atoms. The van der Waals surface area contributed by atoms with Crippen molar-refractivity contribution in [3.8, 4) is 5.75 Å². The van der Waals surface area contributed by atoms with Crippen LogP contribution in [-0.4, -0.2) is 33.1 Å². The Morgan fingerprint density at radius 3 is 2.85 bits per heavy atom. The highest BCUT2D eigenvalue weighted by Crippen LogP contribution is 2.31. The lowest BCUT2D eigenvalue weighted by Gasteiger charge is -2.19. The van der Waals surface area contributed by atoms with Crippen LogP contribution in [-0.2, 0) is 11.3 Å². The van der Waals surface area contributed by atoms with Crippen molar-refractivity contribution < 1.29 is 18.7 Å². The Kier molecular flexibility index (Phi) is 5.47. The number of nitrogens with zero attached hydrogens (tertiary/aromatic N) is 2. The van der Waals surface area contributed by atoms with Gasteiger partial charge in [-0.05, 0) is 49.4 Å². The number of aromatic nitrogens is 2. The van der Waals surface area contributed by atoms with Gasteiger partial charge < -0.3 is 14.5 Å². The van der Waals surface area contributed by atoms with Crippen molar-refractivity contribution in [3.05, 3.63) is 82.5 Å². The number of fused-ring (bicyclic) bond motifs is 2. The number of hydrogen-bond donors (Lipinski definition) is 1. The number of carbonyl (C=O) groups is 2. The Morgan fingerprint density at radius 2 is 2.03 bits per heavy atom. The average Bonchev–Trinajstić information content (AvgIpc) is 3.34. The fourth-order valence-electron chi connectivity index (χ4n) is 3.62. The number of anilines is 1. The molecule has 0 bridgehead atoms. The minimum atomic E-state index is -0.542. The minimum absolute atomic E-state index is 0.0482.